The van der Waals surface area contributed by atoms with E-state index in [4.69, 9.17) is 5.73 Å². The molecule has 154 valence electrons. The highest BCUT2D eigenvalue weighted by Gasteiger charge is 2.32. The Hall–Kier alpha value is -2.82. The molecule has 3 aromatic rings. The first-order valence-corrected chi connectivity index (χ1v) is 8.91. The predicted octanol–water partition coefficient (Wildman–Crippen LogP) is 2.91. The Bertz CT molecular complexity index is 1020. The molecule has 0 amide bonds. The van der Waals surface area contributed by atoms with Crippen molar-refractivity contribution in [2.45, 2.75) is 31.4 Å². The molecular formula is C18H17F5N6. The Labute approximate surface area is 162 Å². The molecule has 0 aliphatic carbocycles. The van der Waals surface area contributed by atoms with Crippen LogP contribution in [0.4, 0.5) is 27.9 Å². The van der Waals surface area contributed by atoms with Gasteiger partial charge in [0.15, 0.2) is 5.82 Å². The molecule has 2 aromatic heterocycles. The van der Waals surface area contributed by atoms with Gasteiger partial charge in [0.05, 0.1) is 41.6 Å². The van der Waals surface area contributed by atoms with Gasteiger partial charge in [0.1, 0.15) is 12.0 Å². The van der Waals surface area contributed by atoms with Crippen molar-refractivity contribution in [1.29, 1.82) is 0 Å². The van der Waals surface area contributed by atoms with Crippen LogP contribution < -0.4 is 10.6 Å². The second kappa shape index (κ2) is 7.21. The van der Waals surface area contributed by atoms with Gasteiger partial charge >= 0.3 is 6.18 Å². The summed E-state index contributed by atoms with van der Waals surface area (Å²) in [6.45, 7) is 0.539. The highest BCUT2D eigenvalue weighted by atomic mass is 19.4. The Kier molecular flexibility index (Phi) is 4.85. The highest BCUT2D eigenvalue weighted by molar-refractivity contribution is 5.80. The van der Waals surface area contributed by atoms with Crippen LogP contribution >= 0.6 is 0 Å². The summed E-state index contributed by atoms with van der Waals surface area (Å²) in [6, 6.07) is 2.52. The van der Waals surface area contributed by atoms with Gasteiger partial charge in [-0.05, 0) is 24.6 Å². The minimum absolute atomic E-state index is 0.0578. The maximum absolute atomic E-state index is 13.8. The van der Waals surface area contributed by atoms with E-state index in [2.05, 4.69) is 15.0 Å². The average molecular weight is 412 g/mol. The van der Waals surface area contributed by atoms with Crippen LogP contribution in [0.1, 0.15) is 17.8 Å². The molecule has 1 aromatic carbocycles. The van der Waals surface area contributed by atoms with E-state index in [0.29, 0.717) is 18.0 Å². The van der Waals surface area contributed by atoms with Gasteiger partial charge in [0.2, 0.25) is 5.95 Å². The second-order valence-corrected chi connectivity index (χ2v) is 6.93. The molecule has 0 radical (unpaired) electrons. The van der Waals surface area contributed by atoms with Gasteiger partial charge < -0.3 is 15.2 Å². The van der Waals surface area contributed by atoms with Crippen LogP contribution in [0.2, 0.25) is 0 Å². The molecule has 4 rings (SSSR count). The summed E-state index contributed by atoms with van der Waals surface area (Å²) >= 11 is 0. The molecule has 2 N–H and O–H groups in total. The molecule has 0 bridgehead atoms. The molecule has 1 aliphatic heterocycles. The summed E-state index contributed by atoms with van der Waals surface area (Å²) in [5, 5.41) is 0. The Balaban J connectivity index is 1.79. The maximum atomic E-state index is 13.8. The third-order valence-electron chi connectivity index (χ3n) is 4.88. The summed E-state index contributed by atoms with van der Waals surface area (Å²) in [5.74, 6) is 0.00129. The molecule has 0 unspecified atom stereocenters. The molecule has 29 heavy (non-hydrogen) atoms. The molecule has 1 fully saturated rings. The Morgan fingerprint density at radius 3 is 2.55 bits per heavy atom. The lowest BCUT2D eigenvalue weighted by atomic mass is 10.1. The zero-order valence-electron chi connectivity index (χ0n) is 15.1. The van der Waals surface area contributed by atoms with E-state index in [9.17, 15) is 22.0 Å². The minimum atomic E-state index is -4.51. The van der Waals surface area contributed by atoms with Gasteiger partial charge in [0, 0.05) is 13.1 Å². The number of nitrogens with two attached hydrogens (primary N) is 1. The largest absolute Gasteiger partial charge is 0.416 e. The fourth-order valence-corrected chi connectivity index (χ4v) is 3.39. The van der Waals surface area contributed by atoms with Crippen molar-refractivity contribution in [1.82, 2.24) is 19.5 Å². The average Bonchev–Trinajstić information content (AvgIpc) is 3.03. The van der Waals surface area contributed by atoms with Crippen LogP contribution in [0.25, 0.3) is 11.0 Å². The van der Waals surface area contributed by atoms with E-state index in [1.165, 1.54) is 6.07 Å². The fourth-order valence-electron chi connectivity index (χ4n) is 3.39. The van der Waals surface area contributed by atoms with Crippen molar-refractivity contribution in [3.63, 3.8) is 0 Å². The van der Waals surface area contributed by atoms with Crippen molar-refractivity contribution in [2.75, 3.05) is 18.0 Å². The van der Waals surface area contributed by atoms with E-state index in [0.717, 1.165) is 24.5 Å². The Morgan fingerprint density at radius 1 is 1.17 bits per heavy atom. The monoisotopic (exact) mass is 412 g/mol. The maximum Gasteiger partial charge on any atom is 0.416 e. The lowest BCUT2D eigenvalue weighted by molar-refractivity contribution is -0.137. The number of anilines is 1. The summed E-state index contributed by atoms with van der Waals surface area (Å²) in [5.41, 5.74) is 5.57. The molecule has 11 heteroatoms. The molecule has 6 nitrogen and oxygen atoms in total. The third-order valence-corrected chi connectivity index (χ3v) is 4.88. The number of piperidine rings is 1. The van der Waals surface area contributed by atoms with E-state index in [1.807, 2.05) is 0 Å². The zero-order chi connectivity index (χ0) is 20.8. The molecule has 3 heterocycles. The lowest BCUT2D eigenvalue weighted by Gasteiger charge is -2.34. The Morgan fingerprint density at radius 2 is 1.90 bits per heavy atom. The number of fused-ring (bicyclic) bond motifs is 1. The lowest BCUT2D eigenvalue weighted by Crippen LogP contribution is -2.50. The summed E-state index contributed by atoms with van der Waals surface area (Å²) in [4.78, 5) is 13.9. The number of hydrogen-bond donors (Lipinski definition) is 1. The van der Waals surface area contributed by atoms with Gasteiger partial charge in [-0.15, -0.1) is 0 Å². The molecule has 1 aliphatic rings. The second-order valence-electron chi connectivity index (χ2n) is 6.93. The molecule has 0 spiro atoms. The van der Waals surface area contributed by atoms with Crippen LogP contribution in [0.15, 0.2) is 30.6 Å². The molecule has 0 saturated carbocycles. The molecular weight excluding hydrogens is 395 g/mol. The quantitative estimate of drug-likeness (QED) is 0.670. The van der Waals surface area contributed by atoms with Crippen LogP contribution in [0.5, 0.6) is 0 Å². The number of benzene rings is 1. The van der Waals surface area contributed by atoms with Gasteiger partial charge in [-0.2, -0.15) is 13.2 Å². The summed E-state index contributed by atoms with van der Waals surface area (Å²) in [6.07, 6.45) is -3.46. The normalized spacial score (nSPS) is 20.4. The molecule has 2 atom stereocenters. The number of aromatic nitrogens is 4. The van der Waals surface area contributed by atoms with Crippen molar-refractivity contribution < 1.29 is 22.0 Å². The first kappa shape index (κ1) is 19.5. The number of nitrogens with zero attached hydrogens (tertiary/aromatic N) is 5. The number of imidazole rings is 1. The fraction of sp³-hybridized carbons (Fsp3) is 0.389. The van der Waals surface area contributed by atoms with Crippen molar-refractivity contribution in [2.24, 2.45) is 5.73 Å². The van der Waals surface area contributed by atoms with Gasteiger partial charge in [-0.1, -0.05) is 0 Å². The van der Waals surface area contributed by atoms with E-state index >= 15 is 0 Å². The van der Waals surface area contributed by atoms with Gasteiger partial charge in [0.25, 0.3) is 0 Å². The minimum Gasteiger partial charge on any atom is -0.340 e. The summed E-state index contributed by atoms with van der Waals surface area (Å²) < 4.78 is 67.8. The summed E-state index contributed by atoms with van der Waals surface area (Å²) in [7, 11) is 0. The number of halogens is 5. The third kappa shape index (κ3) is 3.86. The van der Waals surface area contributed by atoms with Gasteiger partial charge in [-0.3, -0.25) is 0 Å². The number of alkyl halides is 4. The molecule has 1 saturated heterocycles. The van der Waals surface area contributed by atoms with Crippen molar-refractivity contribution in [3.8, 4) is 0 Å². The smallest absolute Gasteiger partial charge is 0.340 e. The van der Waals surface area contributed by atoms with Crippen LogP contribution in [0, 0.1) is 5.82 Å². The van der Waals surface area contributed by atoms with E-state index in [1.54, 1.807) is 9.47 Å². The zero-order valence-corrected chi connectivity index (χ0v) is 15.1. The van der Waals surface area contributed by atoms with Crippen molar-refractivity contribution in [3.05, 3.63) is 47.8 Å². The van der Waals surface area contributed by atoms with Crippen LogP contribution in [-0.4, -0.2) is 44.8 Å². The predicted molar refractivity (Wildman–Crippen MR) is 95.5 cm³/mol. The van der Waals surface area contributed by atoms with E-state index in [-0.39, 0.29) is 30.9 Å². The van der Waals surface area contributed by atoms with Gasteiger partial charge in [-0.25, -0.2) is 23.7 Å². The SMILES string of the molecule is N[C@@H]1CN(c2nc3cc(C(F)(F)F)ccc3n2Cc2ncc(F)cn2)CC[C@@H]1F. The van der Waals surface area contributed by atoms with Crippen LogP contribution in [0.3, 0.4) is 0 Å². The first-order valence-electron chi connectivity index (χ1n) is 8.91. The first-order chi connectivity index (χ1) is 13.7. The van der Waals surface area contributed by atoms with Crippen LogP contribution in [-0.2, 0) is 12.7 Å². The number of hydrogen-bond acceptors (Lipinski definition) is 5. The highest BCUT2D eigenvalue weighted by Crippen LogP contribution is 2.33. The topological polar surface area (TPSA) is 72.9 Å². The number of rotatable bonds is 3. The standard InChI is InChI=1S/C18H17F5N6/c19-11-6-25-16(26-7-11)9-29-15-2-1-10(18(21,22)23)5-14(15)27-17(29)28-4-3-12(20)13(24)8-28/h1-2,5-7,12-13H,3-4,8-9,24H2/t12-,13+/m0/s1. The van der Waals surface area contributed by atoms with Crippen molar-refractivity contribution >= 4 is 17.0 Å². The van der Waals surface area contributed by atoms with E-state index < -0.39 is 29.8 Å².